The minimum absolute atomic E-state index is 0.0586. The average molecular weight is 293 g/mol. The number of sulfonamides is 1. The molecule has 0 saturated heterocycles. The summed E-state index contributed by atoms with van der Waals surface area (Å²) in [5.41, 5.74) is 6.01. The average Bonchev–Trinajstić information content (AvgIpc) is 2.27. The largest absolute Gasteiger partial charge is 0.392 e. The van der Waals surface area contributed by atoms with E-state index in [0.717, 1.165) is 0 Å². The van der Waals surface area contributed by atoms with Gasteiger partial charge in [0.25, 0.3) is 0 Å². The van der Waals surface area contributed by atoms with Gasteiger partial charge in [-0.15, -0.1) is 0 Å². The highest BCUT2D eigenvalue weighted by Crippen LogP contribution is 2.15. The third-order valence-electron chi connectivity index (χ3n) is 2.29. The number of rotatable bonds is 5. The van der Waals surface area contributed by atoms with Gasteiger partial charge in [-0.05, 0) is 18.6 Å². The summed E-state index contributed by atoms with van der Waals surface area (Å²) in [7, 11) is -3.55. The number of thiocarbonyl (C=S) groups is 1. The number of halogens is 1. The maximum absolute atomic E-state index is 11.7. The summed E-state index contributed by atoms with van der Waals surface area (Å²) in [5.74, 6) is 0. The van der Waals surface area contributed by atoms with Gasteiger partial charge in [0, 0.05) is 11.6 Å². The predicted octanol–water partition coefficient (Wildman–Crippen LogP) is 1.43. The van der Waals surface area contributed by atoms with Crippen molar-refractivity contribution in [3.63, 3.8) is 0 Å². The van der Waals surface area contributed by atoms with E-state index in [2.05, 4.69) is 16.9 Å². The lowest BCUT2D eigenvalue weighted by atomic mass is 10.2. The second-order valence-corrected chi connectivity index (χ2v) is 6.47. The first-order chi connectivity index (χ1) is 7.84. The molecule has 94 valence electrons. The van der Waals surface area contributed by atoms with Crippen molar-refractivity contribution in [1.29, 1.82) is 0 Å². The Morgan fingerprint density at radius 1 is 1.53 bits per heavy atom. The van der Waals surface area contributed by atoms with Crippen LogP contribution in [0.1, 0.15) is 12.5 Å². The molecule has 0 heterocycles. The van der Waals surface area contributed by atoms with Crippen molar-refractivity contribution in [3.05, 3.63) is 34.9 Å². The molecule has 1 aromatic carbocycles. The third kappa shape index (κ3) is 3.92. The molecule has 0 aliphatic rings. The lowest BCUT2D eigenvalue weighted by Gasteiger charge is -2.12. The highest BCUT2D eigenvalue weighted by molar-refractivity contribution is 7.93. The van der Waals surface area contributed by atoms with Crippen LogP contribution in [0, 0.1) is 0 Å². The minimum Gasteiger partial charge on any atom is -0.392 e. The van der Waals surface area contributed by atoms with Crippen molar-refractivity contribution in [2.24, 2.45) is 5.73 Å². The van der Waals surface area contributed by atoms with Crippen LogP contribution in [0.3, 0.4) is 0 Å². The van der Waals surface area contributed by atoms with E-state index in [9.17, 15) is 8.42 Å². The molecule has 0 amide bonds. The van der Waals surface area contributed by atoms with Gasteiger partial charge < -0.3 is 5.73 Å². The quantitative estimate of drug-likeness (QED) is 0.806. The van der Waals surface area contributed by atoms with E-state index in [4.69, 9.17) is 17.3 Å². The number of benzene rings is 1. The number of nitrogens with one attached hydrogen (secondary N) is 1. The van der Waals surface area contributed by atoms with E-state index in [0.29, 0.717) is 10.6 Å². The van der Waals surface area contributed by atoms with Gasteiger partial charge in [-0.1, -0.05) is 42.0 Å². The van der Waals surface area contributed by atoms with Gasteiger partial charge >= 0.3 is 0 Å². The monoisotopic (exact) mass is 292 g/mol. The van der Waals surface area contributed by atoms with Crippen LogP contribution in [0.4, 0.5) is 0 Å². The SMILES string of the molecule is CC(C(N)=S)S(=O)(=O)NCc1ccccc1Cl. The second kappa shape index (κ2) is 5.77. The molecule has 1 unspecified atom stereocenters. The first-order valence-electron chi connectivity index (χ1n) is 4.86. The first kappa shape index (κ1) is 14.4. The van der Waals surface area contributed by atoms with Crippen molar-refractivity contribution < 1.29 is 8.42 Å². The molecular weight excluding hydrogens is 280 g/mol. The normalized spacial score (nSPS) is 13.3. The predicted molar refractivity (Wildman–Crippen MR) is 73.5 cm³/mol. The van der Waals surface area contributed by atoms with E-state index in [1.165, 1.54) is 6.92 Å². The fraction of sp³-hybridized carbons (Fsp3) is 0.300. The summed E-state index contributed by atoms with van der Waals surface area (Å²) in [4.78, 5) is -0.0586. The Bertz CT molecular complexity index is 517. The highest BCUT2D eigenvalue weighted by atomic mass is 35.5. The van der Waals surface area contributed by atoms with Crippen molar-refractivity contribution in [2.75, 3.05) is 0 Å². The van der Waals surface area contributed by atoms with Gasteiger partial charge in [-0.2, -0.15) is 0 Å². The maximum atomic E-state index is 11.7. The Labute approximate surface area is 111 Å². The van der Waals surface area contributed by atoms with Crippen molar-refractivity contribution in [1.82, 2.24) is 4.72 Å². The molecule has 0 aliphatic heterocycles. The number of hydrogen-bond acceptors (Lipinski definition) is 3. The van der Waals surface area contributed by atoms with Gasteiger partial charge in [0.05, 0.1) is 4.99 Å². The van der Waals surface area contributed by atoms with Crippen molar-refractivity contribution in [3.8, 4) is 0 Å². The summed E-state index contributed by atoms with van der Waals surface area (Å²) in [6.07, 6.45) is 0. The summed E-state index contributed by atoms with van der Waals surface area (Å²) in [6, 6.07) is 7.00. The zero-order valence-corrected chi connectivity index (χ0v) is 11.6. The van der Waals surface area contributed by atoms with Gasteiger partial charge in [0.15, 0.2) is 0 Å². The minimum atomic E-state index is -3.55. The molecule has 1 atom stereocenters. The molecule has 1 aromatic rings. The summed E-state index contributed by atoms with van der Waals surface area (Å²) >= 11 is 10.6. The lowest BCUT2D eigenvalue weighted by Crippen LogP contribution is -2.39. The first-order valence-corrected chi connectivity index (χ1v) is 7.19. The Hall–Kier alpha value is -0.690. The zero-order valence-electron chi connectivity index (χ0n) is 9.18. The highest BCUT2D eigenvalue weighted by Gasteiger charge is 2.22. The molecule has 7 heteroatoms. The molecule has 4 nitrogen and oxygen atoms in total. The summed E-state index contributed by atoms with van der Waals surface area (Å²) in [6.45, 7) is 1.56. The molecule has 1 rings (SSSR count). The Morgan fingerprint density at radius 3 is 2.65 bits per heavy atom. The molecule has 0 bridgehead atoms. The summed E-state index contributed by atoms with van der Waals surface area (Å²) in [5, 5.41) is -0.391. The molecular formula is C10H13ClN2O2S2. The maximum Gasteiger partial charge on any atom is 0.221 e. The molecule has 0 spiro atoms. The van der Waals surface area contributed by atoms with Gasteiger partial charge in [-0.3, -0.25) is 0 Å². The molecule has 3 N–H and O–H groups in total. The van der Waals surface area contributed by atoms with Crippen LogP contribution in [0.5, 0.6) is 0 Å². The van der Waals surface area contributed by atoms with Crippen LogP contribution in [0.2, 0.25) is 5.02 Å². The second-order valence-electron chi connectivity index (χ2n) is 3.50. The molecule has 17 heavy (non-hydrogen) atoms. The van der Waals surface area contributed by atoms with Crippen LogP contribution < -0.4 is 10.5 Å². The van der Waals surface area contributed by atoms with Gasteiger partial charge in [-0.25, -0.2) is 13.1 Å². The van der Waals surface area contributed by atoms with E-state index in [1.54, 1.807) is 24.3 Å². The zero-order chi connectivity index (χ0) is 13.1. The van der Waals surface area contributed by atoms with Crippen molar-refractivity contribution >= 4 is 38.8 Å². The summed E-state index contributed by atoms with van der Waals surface area (Å²) < 4.78 is 25.9. The Kier molecular flexibility index (Phi) is 4.88. The van der Waals surface area contributed by atoms with Crippen LogP contribution in [0.25, 0.3) is 0 Å². The van der Waals surface area contributed by atoms with Gasteiger partial charge in [0.1, 0.15) is 5.25 Å². The van der Waals surface area contributed by atoms with E-state index in [-0.39, 0.29) is 11.5 Å². The van der Waals surface area contributed by atoms with E-state index < -0.39 is 15.3 Å². The smallest absolute Gasteiger partial charge is 0.221 e. The standard InChI is InChI=1S/C10H13ClN2O2S2/c1-7(10(12)16)17(14,15)13-6-8-4-2-3-5-9(8)11/h2-5,7,13H,6H2,1H3,(H2,12,16). The fourth-order valence-electron chi connectivity index (χ4n) is 1.10. The Morgan fingerprint density at radius 2 is 2.12 bits per heavy atom. The molecule has 0 saturated carbocycles. The number of nitrogens with two attached hydrogens (primary N) is 1. The molecule has 0 fully saturated rings. The number of hydrogen-bond donors (Lipinski definition) is 2. The van der Waals surface area contributed by atoms with Crippen molar-refractivity contribution in [2.45, 2.75) is 18.7 Å². The van der Waals surface area contributed by atoms with E-state index >= 15 is 0 Å². The molecule has 0 aliphatic carbocycles. The van der Waals surface area contributed by atoms with Crippen LogP contribution in [-0.2, 0) is 16.6 Å². The Balaban J connectivity index is 2.75. The van der Waals surface area contributed by atoms with Gasteiger partial charge in [0.2, 0.25) is 10.0 Å². The van der Waals surface area contributed by atoms with E-state index in [1.807, 2.05) is 0 Å². The molecule has 0 aromatic heterocycles. The van der Waals surface area contributed by atoms with Crippen LogP contribution >= 0.6 is 23.8 Å². The molecule has 0 radical (unpaired) electrons. The van der Waals surface area contributed by atoms with Crippen LogP contribution in [0.15, 0.2) is 24.3 Å². The van der Waals surface area contributed by atoms with Crippen LogP contribution in [-0.4, -0.2) is 18.7 Å². The fourth-order valence-corrected chi connectivity index (χ4v) is 2.59. The topological polar surface area (TPSA) is 72.2 Å². The lowest BCUT2D eigenvalue weighted by molar-refractivity contribution is 0.578. The third-order valence-corrected chi connectivity index (χ3v) is 4.89.